The maximum Gasteiger partial charge on any atom is 0.149 e. The summed E-state index contributed by atoms with van der Waals surface area (Å²) in [7, 11) is 0. The molecule has 0 aliphatic heterocycles. The van der Waals surface area contributed by atoms with E-state index in [1.807, 2.05) is 12.3 Å². The molecule has 80 valence electrons. The molecule has 0 spiro atoms. The first-order valence-electron chi connectivity index (χ1n) is 4.26. The Bertz CT molecular complexity index is 607. The first kappa shape index (κ1) is 11.5. The van der Waals surface area contributed by atoms with Gasteiger partial charge in [-0.05, 0) is 12.3 Å². The van der Waals surface area contributed by atoms with Crippen LogP contribution in [0.3, 0.4) is 0 Å². The zero-order valence-corrected chi connectivity index (χ0v) is 10.5. The van der Waals surface area contributed by atoms with Gasteiger partial charge in [0.05, 0.1) is 21.8 Å². The first-order chi connectivity index (χ1) is 7.67. The third-order valence-electron chi connectivity index (χ3n) is 2.06. The minimum atomic E-state index is 0.110. The number of hydrogen-bond donors (Lipinski definition) is 0. The highest BCUT2D eigenvalue weighted by molar-refractivity contribution is 7.98. The number of aromatic nitrogens is 2. The first-order valence-corrected chi connectivity index (χ1v) is 6.24. The highest BCUT2D eigenvalue weighted by Gasteiger charge is 2.12. The van der Waals surface area contributed by atoms with Crippen LogP contribution < -0.4 is 0 Å². The Morgan fingerprint density at radius 1 is 1.44 bits per heavy atom. The van der Waals surface area contributed by atoms with Crippen LogP contribution in [0.2, 0.25) is 10.2 Å². The molecule has 0 aromatic carbocycles. The van der Waals surface area contributed by atoms with Crippen molar-refractivity contribution in [3.05, 3.63) is 28.0 Å². The molecule has 2 rings (SSSR count). The minimum absolute atomic E-state index is 0.110. The van der Waals surface area contributed by atoms with Crippen LogP contribution in [-0.4, -0.2) is 16.2 Å². The smallest absolute Gasteiger partial charge is 0.149 e. The second-order valence-electron chi connectivity index (χ2n) is 2.95. The Morgan fingerprint density at radius 2 is 2.19 bits per heavy atom. The van der Waals surface area contributed by atoms with Crippen LogP contribution in [0.1, 0.15) is 5.56 Å². The lowest BCUT2D eigenvalue weighted by molar-refractivity contribution is 1.15. The average molecular weight is 270 g/mol. The lowest BCUT2D eigenvalue weighted by Gasteiger charge is -2.04. The Hall–Kier alpha value is -1.02. The molecule has 0 fully saturated rings. The predicted molar refractivity (Wildman–Crippen MR) is 66.1 cm³/mol. The van der Waals surface area contributed by atoms with E-state index >= 15 is 0 Å². The summed E-state index contributed by atoms with van der Waals surface area (Å²) in [6.07, 6.45) is 3.51. The predicted octanol–water partition coefficient (Wildman–Crippen LogP) is 3.53. The topological polar surface area (TPSA) is 49.6 Å². The number of fused-ring (bicyclic) bond motifs is 1. The Balaban J connectivity index is 2.85. The van der Waals surface area contributed by atoms with Gasteiger partial charge in [0.2, 0.25) is 0 Å². The molecule has 2 heterocycles. The molecule has 0 radical (unpaired) electrons. The summed E-state index contributed by atoms with van der Waals surface area (Å²) < 4.78 is 0. The molecule has 0 N–H and O–H groups in total. The maximum absolute atomic E-state index is 8.91. The fourth-order valence-corrected chi connectivity index (χ4v) is 2.24. The summed E-state index contributed by atoms with van der Waals surface area (Å²) in [4.78, 5) is 8.23. The van der Waals surface area contributed by atoms with Gasteiger partial charge in [0, 0.05) is 5.39 Å². The van der Waals surface area contributed by atoms with Crippen LogP contribution in [0, 0.1) is 11.3 Å². The van der Waals surface area contributed by atoms with E-state index in [4.69, 9.17) is 28.5 Å². The normalized spacial score (nSPS) is 10.4. The summed E-state index contributed by atoms with van der Waals surface area (Å²) in [6, 6.07) is 3.74. The molecular formula is C10H5Cl2N3S. The molecule has 2 aromatic heterocycles. The number of nitriles is 1. The van der Waals surface area contributed by atoms with Crippen LogP contribution in [-0.2, 0) is 0 Å². The van der Waals surface area contributed by atoms with Gasteiger partial charge in [0.1, 0.15) is 16.8 Å². The number of hydrogen-bond acceptors (Lipinski definition) is 4. The fraction of sp³-hybridized carbons (Fsp3) is 0.100. The van der Waals surface area contributed by atoms with Gasteiger partial charge < -0.3 is 0 Å². The molecular weight excluding hydrogens is 265 g/mol. The van der Waals surface area contributed by atoms with Gasteiger partial charge in [0.15, 0.2) is 0 Å². The second kappa shape index (κ2) is 4.46. The molecule has 3 nitrogen and oxygen atoms in total. The molecule has 2 aromatic rings. The molecule has 0 saturated carbocycles. The van der Waals surface area contributed by atoms with Crippen molar-refractivity contribution in [2.24, 2.45) is 0 Å². The zero-order valence-electron chi connectivity index (χ0n) is 8.16. The van der Waals surface area contributed by atoms with Crippen LogP contribution in [0.25, 0.3) is 10.9 Å². The van der Waals surface area contributed by atoms with Crippen LogP contribution in [0.5, 0.6) is 0 Å². The van der Waals surface area contributed by atoms with Crippen molar-refractivity contribution in [1.82, 2.24) is 9.97 Å². The van der Waals surface area contributed by atoms with E-state index in [2.05, 4.69) is 9.97 Å². The van der Waals surface area contributed by atoms with E-state index in [0.29, 0.717) is 15.9 Å². The van der Waals surface area contributed by atoms with Gasteiger partial charge >= 0.3 is 0 Å². The number of halogens is 2. The van der Waals surface area contributed by atoms with Gasteiger partial charge in [-0.1, -0.05) is 23.2 Å². The van der Waals surface area contributed by atoms with Crippen molar-refractivity contribution in [3.8, 4) is 6.07 Å². The van der Waals surface area contributed by atoms with E-state index < -0.39 is 0 Å². The highest BCUT2D eigenvalue weighted by atomic mass is 35.5. The van der Waals surface area contributed by atoms with E-state index in [1.54, 1.807) is 12.3 Å². The Kier molecular flexibility index (Phi) is 3.20. The Labute approximate surface area is 106 Å². The van der Waals surface area contributed by atoms with E-state index in [1.165, 1.54) is 11.8 Å². The minimum Gasteiger partial charge on any atom is -0.248 e. The van der Waals surface area contributed by atoms with Gasteiger partial charge in [-0.25, -0.2) is 9.97 Å². The lowest BCUT2D eigenvalue weighted by Crippen LogP contribution is -1.90. The van der Waals surface area contributed by atoms with Crippen molar-refractivity contribution in [3.63, 3.8) is 0 Å². The Morgan fingerprint density at radius 3 is 2.81 bits per heavy atom. The third-order valence-corrected chi connectivity index (χ3v) is 3.37. The summed E-state index contributed by atoms with van der Waals surface area (Å²) in [6.45, 7) is 0. The second-order valence-corrected chi connectivity index (χ2v) is 4.51. The van der Waals surface area contributed by atoms with E-state index in [0.717, 1.165) is 5.03 Å². The van der Waals surface area contributed by atoms with Crippen molar-refractivity contribution in [2.45, 2.75) is 5.03 Å². The molecule has 0 atom stereocenters. The lowest BCUT2D eigenvalue weighted by atomic mass is 10.2. The van der Waals surface area contributed by atoms with Gasteiger partial charge in [-0.2, -0.15) is 5.26 Å². The number of nitrogens with zero attached hydrogens (tertiary/aromatic N) is 3. The van der Waals surface area contributed by atoms with E-state index in [9.17, 15) is 0 Å². The van der Waals surface area contributed by atoms with Gasteiger partial charge in [-0.15, -0.1) is 11.8 Å². The summed E-state index contributed by atoms with van der Waals surface area (Å²) >= 11 is 13.4. The largest absolute Gasteiger partial charge is 0.248 e. The molecule has 0 bridgehead atoms. The monoisotopic (exact) mass is 269 g/mol. The van der Waals surface area contributed by atoms with Gasteiger partial charge in [0.25, 0.3) is 0 Å². The number of pyridine rings is 2. The van der Waals surface area contributed by atoms with Crippen molar-refractivity contribution in [1.29, 1.82) is 5.26 Å². The SMILES string of the molecule is CSc1cc2c(Cl)c(C#N)c(Cl)nc2cn1. The summed E-state index contributed by atoms with van der Waals surface area (Å²) in [5, 5.41) is 10.9. The van der Waals surface area contributed by atoms with Crippen LogP contribution in [0.4, 0.5) is 0 Å². The standard InChI is InChI=1S/C10H5Cl2N3S/c1-16-8-2-5-7(4-14-8)15-10(12)6(3-13)9(5)11/h2,4H,1H3. The summed E-state index contributed by atoms with van der Waals surface area (Å²) in [5.74, 6) is 0. The van der Waals surface area contributed by atoms with Gasteiger partial charge in [-0.3, -0.25) is 0 Å². The van der Waals surface area contributed by atoms with E-state index in [-0.39, 0.29) is 10.7 Å². The highest BCUT2D eigenvalue weighted by Crippen LogP contribution is 2.31. The van der Waals surface area contributed by atoms with Crippen LogP contribution in [0.15, 0.2) is 17.3 Å². The molecule has 0 aliphatic rings. The average Bonchev–Trinajstić information content (AvgIpc) is 2.29. The van der Waals surface area contributed by atoms with Crippen molar-refractivity contribution in [2.75, 3.05) is 6.26 Å². The fourth-order valence-electron chi connectivity index (χ4n) is 1.29. The molecule has 0 saturated heterocycles. The molecule has 6 heteroatoms. The molecule has 0 amide bonds. The molecule has 16 heavy (non-hydrogen) atoms. The number of rotatable bonds is 1. The van der Waals surface area contributed by atoms with Crippen molar-refractivity contribution >= 4 is 45.9 Å². The maximum atomic E-state index is 8.91. The zero-order chi connectivity index (χ0) is 11.7. The number of thioether (sulfide) groups is 1. The molecule has 0 unspecified atom stereocenters. The quantitative estimate of drug-likeness (QED) is 0.587. The summed E-state index contributed by atoms with van der Waals surface area (Å²) in [5.41, 5.74) is 0.792. The third kappa shape index (κ3) is 1.82. The van der Waals surface area contributed by atoms with Crippen LogP contribution >= 0.6 is 35.0 Å². The van der Waals surface area contributed by atoms with Crippen molar-refractivity contribution < 1.29 is 0 Å². The molecule has 0 aliphatic carbocycles.